The van der Waals surface area contributed by atoms with E-state index in [2.05, 4.69) is 4.98 Å². The molecule has 1 heterocycles. The lowest BCUT2D eigenvalue weighted by Gasteiger charge is -2.06. The molecule has 0 saturated heterocycles. The van der Waals surface area contributed by atoms with E-state index in [1.807, 2.05) is 0 Å². The van der Waals surface area contributed by atoms with Crippen LogP contribution in [0.3, 0.4) is 0 Å². The van der Waals surface area contributed by atoms with Crippen molar-refractivity contribution in [3.63, 3.8) is 0 Å². The van der Waals surface area contributed by atoms with Crippen LogP contribution in [0.15, 0.2) is 36.4 Å². The first-order chi connectivity index (χ1) is 10.5. The summed E-state index contributed by atoms with van der Waals surface area (Å²) < 4.78 is 28.2. The molecule has 110 valence electrons. The van der Waals surface area contributed by atoms with E-state index in [1.165, 1.54) is 12.1 Å². The van der Waals surface area contributed by atoms with E-state index in [0.717, 1.165) is 12.1 Å². The average Bonchev–Trinajstić information content (AvgIpc) is 2.85. The van der Waals surface area contributed by atoms with Gasteiger partial charge in [-0.3, -0.25) is 9.59 Å². The molecule has 1 N–H and O–H groups in total. The molecule has 3 rings (SSSR count). The third-order valence-corrected chi connectivity index (χ3v) is 3.56. The molecule has 1 aromatic heterocycles. The molecule has 0 bridgehead atoms. The van der Waals surface area contributed by atoms with E-state index < -0.39 is 17.4 Å². The fourth-order valence-electron chi connectivity index (χ4n) is 2.40. The van der Waals surface area contributed by atoms with Gasteiger partial charge in [-0.05, 0) is 30.3 Å². The van der Waals surface area contributed by atoms with Crippen molar-refractivity contribution in [2.24, 2.45) is 0 Å². The van der Waals surface area contributed by atoms with Gasteiger partial charge < -0.3 is 4.98 Å². The Morgan fingerprint density at radius 3 is 2.41 bits per heavy atom. The molecular weight excluding hydrogens is 312 g/mol. The number of Topliss-reactive ketones (excluding diaryl/α,β-unsaturated/α-hetero) is 1. The van der Waals surface area contributed by atoms with Crippen molar-refractivity contribution < 1.29 is 18.4 Å². The summed E-state index contributed by atoms with van der Waals surface area (Å²) in [4.78, 5) is 25.3. The van der Waals surface area contributed by atoms with Gasteiger partial charge in [0.15, 0.2) is 6.29 Å². The number of nitrogens with one attached hydrogen (secondary N) is 1. The highest BCUT2D eigenvalue weighted by Gasteiger charge is 2.23. The fraction of sp³-hybridized carbons (Fsp3) is 0. The summed E-state index contributed by atoms with van der Waals surface area (Å²) in [6.45, 7) is 0. The Bertz CT molecular complexity index is 898. The maximum atomic E-state index is 14.1. The van der Waals surface area contributed by atoms with E-state index in [9.17, 15) is 18.4 Å². The van der Waals surface area contributed by atoms with Gasteiger partial charge in [0.2, 0.25) is 5.78 Å². The molecule has 22 heavy (non-hydrogen) atoms. The van der Waals surface area contributed by atoms with E-state index in [0.29, 0.717) is 15.9 Å². The topological polar surface area (TPSA) is 49.9 Å². The van der Waals surface area contributed by atoms with Gasteiger partial charge in [-0.15, -0.1) is 0 Å². The van der Waals surface area contributed by atoms with Crippen LogP contribution in [0.4, 0.5) is 8.78 Å². The van der Waals surface area contributed by atoms with Crippen LogP contribution in [0.1, 0.15) is 10.5 Å². The van der Waals surface area contributed by atoms with Crippen molar-refractivity contribution in [1.82, 2.24) is 4.98 Å². The lowest BCUT2D eigenvalue weighted by molar-refractivity contribution is -0.104. The predicted molar refractivity (Wildman–Crippen MR) is 79.1 cm³/mol. The number of hydrogen-bond donors (Lipinski definition) is 1. The smallest absolute Gasteiger partial charge is 0.242 e. The van der Waals surface area contributed by atoms with Crippen molar-refractivity contribution in [2.45, 2.75) is 0 Å². The number of ketones is 1. The molecular formula is C16H8ClF2NO2. The van der Waals surface area contributed by atoms with E-state index in [-0.39, 0.29) is 23.1 Å². The van der Waals surface area contributed by atoms with Crippen molar-refractivity contribution in [3.8, 4) is 11.1 Å². The summed E-state index contributed by atoms with van der Waals surface area (Å²) >= 11 is 5.92. The Morgan fingerprint density at radius 1 is 1.09 bits per heavy atom. The minimum absolute atomic E-state index is 0.00907. The monoisotopic (exact) mass is 319 g/mol. The van der Waals surface area contributed by atoms with Gasteiger partial charge in [0.25, 0.3) is 0 Å². The molecule has 0 saturated carbocycles. The highest BCUT2D eigenvalue weighted by Crippen LogP contribution is 2.36. The lowest BCUT2D eigenvalue weighted by atomic mass is 9.99. The maximum absolute atomic E-state index is 14.1. The molecule has 3 nitrogen and oxygen atoms in total. The minimum Gasteiger partial charge on any atom is -0.351 e. The first kappa shape index (κ1) is 14.4. The molecule has 0 aliphatic rings. The van der Waals surface area contributed by atoms with E-state index in [4.69, 9.17) is 11.6 Å². The van der Waals surface area contributed by atoms with Gasteiger partial charge in [-0.1, -0.05) is 17.7 Å². The number of aldehydes is 1. The second-order valence-electron chi connectivity index (χ2n) is 4.64. The van der Waals surface area contributed by atoms with E-state index in [1.54, 1.807) is 12.1 Å². The third kappa shape index (κ3) is 2.19. The first-order valence-corrected chi connectivity index (χ1v) is 6.66. The Hall–Kier alpha value is -2.53. The molecule has 3 aromatic rings. The maximum Gasteiger partial charge on any atom is 0.242 e. The molecule has 0 radical (unpaired) electrons. The molecule has 6 heteroatoms. The van der Waals surface area contributed by atoms with Crippen LogP contribution in [0.5, 0.6) is 0 Å². The van der Waals surface area contributed by atoms with E-state index >= 15 is 0 Å². The average molecular weight is 320 g/mol. The lowest BCUT2D eigenvalue weighted by Crippen LogP contribution is -2.03. The van der Waals surface area contributed by atoms with Gasteiger partial charge in [-0.25, -0.2) is 8.78 Å². The van der Waals surface area contributed by atoms with Gasteiger partial charge in [0, 0.05) is 21.5 Å². The standard InChI is InChI=1S/C16H8ClF2NO2/c17-8-4-5-12-9(6-8)14(16(20-12)13(22)7-21)15-10(18)2-1-3-11(15)19/h1-7,20H. The van der Waals surface area contributed by atoms with Crippen molar-refractivity contribution >= 4 is 34.6 Å². The Balaban J connectivity index is 2.47. The number of halogens is 3. The summed E-state index contributed by atoms with van der Waals surface area (Å²) in [5, 5.41) is 0.705. The molecule has 0 aliphatic carbocycles. The van der Waals surface area contributed by atoms with Gasteiger partial charge in [0.1, 0.15) is 11.6 Å². The normalized spacial score (nSPS) is 10.9. The number of aromatic amines is 1. The van der Waals surface area contributed by atoms with Crippen LogP contribution in [0.25, 0.3) is 22.0 Å². The zero-order chi connectivity index (χ0) is 15.9. The first-order valence-electron chi connectivity index (χ1n) is 6.28. The number of carbonyl (C=O) groups excluding carboxylic acids is 2. The van der Waals surface area contributed by atoms with Crippen LogP contribution in [0.2, 0.25) is 5.02 Å². The second kappa shape index (κ2) is 5.35. The molecule has 0 unspecified atom stereocenters. The molecule has 0 spiro atoms. The Labute approximate surface area is 128 Å². The fourth-order valence-corrected chi connectivity index (χ4v) is 2.58. The van der Waals surface area contributed by atoms with Crippen LogP contribution >= 0.6 is 11.6 Å². The molecule has 0 atom stereocenters. The summed E-state index contributed by atoms with van der Waals surface area (Å²) in [7, 11) is 0. The van der Waals surface area contributed by atoms with Gasteiger partial charge >= 0.3 is 0 Å². The summed E-state index contributed by atoms with van der Waals surface area (Å²) in [5.41, 5.74) is -0.102. The number of carbonyl (C=O) groups is 2. The summed E-state index contributed by atoms with van der Waals surface area (Å²) in [5.74, 6) is -2.56. The minimum atomic E-state index is -0.898. The third-order valence-electron chi connectivity index (χ3n) is 3.33. The molecule has 0 fully saturated rings. The van der Waals surface area contributed by atoms with Crippen LogP contribution < -0.4 is 0 Å². The summed E-state index contributed by atoms with van der Waals surface area (Å²) in [6, 6.07) is 8.00. The zero-order valence-electron chi connectivity index (χ0n) is 11.0. The Morgan fingerprint density at radius 2 is 1.77 bits per heavy atom. The molecule has 0 amide bonds. The zero-order valence-corrected chi connectivity index (χ0v) is 11.7. The quantitative estimate of drug-likeness (QED) is 0.448. The molecule has 2 aromatic carbocycles. The number of benzene rings is 2. The predicted octanol–water partition coefficient (Wildman–Crippen LogP) is 4.15. The highest BCUT2D eigenvalue weighted by molar-refractivity contribution is 6.36. The SMILES string of the molecule is O=CC(=O)c1[nH]c2ccc(Cl)cc2c1-c1c(F)cccc1F. The number of aromatic nitrogens is 1. The van der Waals surface area contributed by atoms with Crippen LogP contribution in [-0.4, -0.2) is 17.1 Å². The van der Waals surface area contributed by atoms with Crippen molar-refractivity contribution in [3.05, 3.63) is 58.7 Å². The number of hydrogen-bond acceptors (Lipinski definition) is 2. The number of fused-ring (bicyclic) bond motifs is 1. The Kier molecular flexibility index (Phi) is 3.50. The molecule has 0 aliphatic heterocycles. The van der Waals surface area contributed by atoms with Gasteiger partial charge in [0.05, 0.1) is 11.3 Å². The largest absolute Gasteiger partial charge is 0.351 e. The van der Waals surface area contributed by atoms with Crippen LogP contribution in [0, 0.1) is 11.6 Å². The number of H-pyrrole nitrogens is 1. The highest BCUT2D eigenvalue weighted by atomic mass is 35.5. The second-order valence-corrected chi connectivity index (χ2v) is 5.08. The summed E-state index contributed by atoms with van der Waals surface area (Å²) in [6.07, 6.45) is 0.0918. The van der Waals surface area contributed by atoms with Gasteiger partial charge in [-0.2, -0.15) is 0 Å². The van der Waals surface area contributed by atoms with Crippen molar-refractivity contribution in [2.75, 3.05) is 0 Å². The van der Waals surface area contributed by atoms with Crippen LogP contribution in [-0.2, 0) is 4.79 Å². The number of rotatable bonds is 3. The van der Waals surface area contributed by atoms with Crippen molar-refractivity contribution in [1.29, 1.82) is 0 Å².